The first kappa shape index (κ1) is 19.9. The number of piperazine rings is 1. The number of nitrogens with zero attached hydrogens (tertiary/aromatic N) is 5. The molecule has 0 spiro atoms. The van der Waals surface area contributed by atoms with Crippen molar-refractivity contribution in [2.75, 3.05) is 24.5 Å². The van der Waals surface area contributed by atoms with E-state index in [2.05, 4.69) is 16.0 Å². The lowest BCUT2D eigenvalue weighted by molar-refractivity contribution is 0.0145. The summed E-state index contributed by atoms with van der Waals surface area (Å²) in [4.78, 5) is 24.7. The van der Waals surface area contributed by atoms with Gasteiger partial charge in [0.05, 0.1) is 33.1 Å². The minimum atomic E-state index is -0.592. The van der Waals surface area contributed by atoms with E-state index in [1.807, 2.05) is 25.7 Å². The molecule has 144 valence electrons. The summed E-state index contributed by atoms with van der Waals surface area (Å²) in [6.07, 6.45) is -0.212. The fourth-order valence-electron chi connectivity index (χ4n) is 2.96. The van der Waals surface area contributed by atoms with Gasteiger partial charge < -0.3 is 14.5 Å². The Labute approximate surface area is 171 Å². The van der Waals surface area contributed by atoms with Crippen molar-refractivity contribution < 1.29 is 9.53 Å². The summed E-state index contributed by atoms with van der Waals surface area (Å²) in [5.74, 6) is 0.675. The molecule has 1 amide bonds. The molecule has 0 aliphatic carbocycles. The Kier molecular flexibility index (Phi) is 5.65. The standard InChI is InChI=1S/C17H19Cl2N5O2S/c1-17(2,3)26-16(25)24-7-6-23(9-10(24)4-5-20)14-13-11(8-12(18)27-13)21-15(19)22-14/h8,10H,4,6-7,9H2,1-3H3. The van der Waals surface area contributed by atoms with Gasteiger partial charge in [-0.1, -0.05) is 11.6 Å². The third-order valence-electron chi connectivity index (χ3n) is 4.03. The van der Waals surface area contributed by atoms with Gasteiger partial charge in [0.1, 0.15) is 5.60 Å². The van der Waals surface area contributed by atoms with E-state index in [1.54, 1.807) is 11.0 Å². The topological polar surface area (TPSA) is 82.3 Å². The second-order valence-corrected chi connectivity index (χ2v) is 9.24. The molecule has 10 heteroatoms. The predicted molar refractivity (Wildman–Crippen MR) is 107 cm³/mol. The molecule has 1 saturated heterocycles. The van der Waals surface area contributed by atoms with Gasteiger partial charge >= 0.3 is 6.09 Å². The second-order valence-electron chi connectivity index (χ2n) is 7.22. The SMILES string of the molecule is CC(C)(C)OC(=O)N1CCN(c2nc(Cl)nc3cc(Cl)sc23)CC1CC#N. The van der Waals surface area contributed by atoms with Crippen LogP contribution < -0.4 is 4.90 Å². The number of carbonyl (C=O) groups is 1. The van der Waals surface area contributed by atoms with Gasteiger partial charge in [-0.3, -0.25) is 0 Å². The second kappa shape index (κ2) is 7.66. The average molecular weight is 428 g/mol. The molecule has 0 bridgehead atoms. The number of rotatable bonds is 2. The molecule has 1 aliphatic rings. The molecule has 1 atom stereocenters. The van der Waals surface area contributed by atoms with Gasteiger partial charge in [0.2, 0.25) is 5.28 Å². The molecule has 3 heterocycles. The molecule has 1 aliphatic heterocycles. The summed E-state index contributed by atoms with van der Waals surface area (Å²) in [7, 11) is 0. The monoisotopic (exact) mass is 427 g/mol. The number of amides is 1. The summed E-state index contributed by atoms with van der Waals surface area (Å²) in [5, 5.41) is 9.35. The Bertz CT molecular complexity index is 905. The van der Waals surface area contributed by atoms with Crippen molar-refractivity contribution in [1.82, 2.24) is 14.9 Å². The third kappa shape index (κ3) is 4.54. The quantitative estimate of drug-likeness (QED) is 0.662. The Morgan fingerprint density at radius 3 is 2.81 bits per heavy atom. The van der Waals surface area contributed by atoms with E-state index in [9.17, 15) is 10.1 Å². The Balaban J connectivity index is 1.87. The van der Waals surface area contributed by atoms with Crippen molar-refractivity contribution in [3.8, 4) is 6.07 Å². The maximum absolute atomic E-state index is 12.5. The zero-order chi connectivity index (χ0) is 19.8. The third-order valence-corrected chi connectivity index (χ3v) is 5.45. The zero-order valence-corrected chi connectivity index (χ0v) is 17.5. The van der Waals surface area contributed by atoms with Crippen LogP contribution in [0.3, 0.4) is 0 Å². The molecule has 3 rings (SSSR count). The Morgan fingerprint density at radius 1 is 1.41 bits per heavy atom. The molecule has 0 aromatic carbocycles. The first-order chi connectivity index (χ1) is 12.7. The first-order valence-corrected chi connectivity index (χ1v) is 9.99. The first-order valence-electron chi connectivity index (χ1n) is 8.42. The van der Waals surface area contributed by atoms with E-state index in [0.29, 0.717) is 35.3 Å². The number of fused-ring (bicyclic) bond motifs is 1. The normalized spacial score (nSPS) is 17.9. The van der Waals surface area contributed by atoms with Crippen molar-refractivity contribution in [3.05, 3.63) is 15.7 Å². The number of carbonyl (C=O) groups excluding carboxylic acids is 1. The van der Waals surface area contributed by atoms with E-state index in [0.717, 1.165) is 4.70 Å². The molecule has 1 fully saturated rings. The van der Waals surface area contributed by atoms with Crippen molar-refractivity contribution in [3.63, 3.8) is 0 Å². The van der Waals surface area contributed by atoms with E-state index in [4.69, 9.17) is 27.9 Å². The van der Waals surface area contributed by atoms with Gasteiger partial charge in [-0.25, -0.2) is 9.78 Å². The van der Waals surface area contributed by atoms with Crippen LogP contribution in [0.2, 0.25) is 9.62 Å². The number of halogens is 2. The maximum atomic E-state index is 12.5. The van der Waals surface area contributed by atoms with Crippen LogP contribution >= 0.6 is 34.5 Å². The van der Waals surface area contributed by atoms with Crippen LogP contribution in [0.5, 0.6) is 0 Å². The van der Waals surface area contributed by atoms with Crippen LogP contribution in [-0.2, 0) is 4.74 Å². The molecule has 1 unspecified atom stereocenters. The van der Waals surface area contributed by atoms with Gasteiger partial charge in [-0.15, -0.1) is 11.3 Å². The molecule has 0 N–H and O–H groups in total. The molecule has 7 nitrogen and oxygen atoms in total. The highest BCUT2D eigenvalue weighted by Gasteiger charge is 2.34. The van der Waals surface area contributed by atoms with Crippen LogP contribution in [0.4, 0.5) is 10.6 Å². The highest BCUT2D eigenvalue weighted by atomic mass is 35.5. The lowest BCUT2D eigenvalue weighted by Gasteiger charge is -2.41. The minimum absolute atomic E-state index is 0.137. The van der Waals surface area contributed by atoms with Crippen molar-refractivity contribution >= 4 is 56.7 Å². The fourth-order valence-corrected chi connectivity index (χ4v) is 4.31. The molecule has 2 aromatic heterocycles. The smallest absolute Gasteiger partial charge is 0.410 e. The number of nitriles is 1. The maximum Gasteiger partial charge on any atom is 0.410 e. The van der Waals surface area contributed by atoms with Crippen molar-refractivity contribution in [2.24, 2.45) is 0 Å². The van der Waals surface area contributed by atoms with Crippen LogP contribution in [0, 0.1) is 11.3 Å². The molecular formula is C17H19Cl2N5O2S. The van der Waals surface area contributed by atoms with Crippen LogP contribution in [0.1, 0.15) is 27.2 Å². The number of aromatic nitrogens is 2. The molecule has 0 saturated carbocycles. The van der Waals surface area contributed by atoms with Gasteiger partial charge in [0.15, 0.2) is 5.82 Å². The van der Waals surface area contributed by atoms with Gasteiger partial charge in [-0.2, -0.15) is 10.2 Å². The lowest BCUT2D eigenvalue weighted by atomic mass is 10.1. The Hall–Kier alpha value is -1.82. The lowest BCUT2D eigenvalue weighted by Crippen LogP contribution is -2.56. The number of anilines is 1. The summed E-state index contributed by atoms with van der Waals surface area (Å²) < 4.78 is 6.92. The van der Waals surface area contributed by atoms with E-state index in [1.165, 1.54) is 11.3 Å². The number of hydrogen-bond acceptors (Lipinski definition) is 7. The van der Waals surface area contributed by atoms with E-state index < -0.39 is 11.7 Å². The fraction of sp³-hybridized carbons (Fsp3) is 0.529. The highest BCUT2D eigenvalue weighted by molar-refractivity contribution is 7.23. The summed E-state index contributed by atoms with van der Waals surface area (Å²) >= 11 is 13.6. The number of thiophene rings is 1. The Morgan fingerprint density at radius 2 is 2.15 bits per heavy atom. The number of ether oxygens (including phenoxy) is 1. The molecule has 27 heavy (non-hydrogen) atoms. The molecule has 0 radical (unpaired) electrons. The molecular weight excluding hydrogens is 409 g/mol. The van der Waals surface area contributed by atoms with E-state index in [-0.39, 0.29) is 17.7 Å². The van der Waals surface area contributed by atoms with Crippen molar-refractivity contribution in [1.29, 1.82) is 5.26 Å². The highest BCUT2D eigenvalue weighted by Crippen LogP contribution is 2.36. The van der Waals surface area contributed by atoms with Crippen LogP contribution in [0.15, 0.2) is 6.07 Å². The summed E-state index contributed by atoms with van der Waals surface area (Å²) in [5.41, 5.74) is 0.0947. The largest absolute Gasteiger partial charge is 0.444 e. The minimum Gasteiger partial charge on any atom is -0.444 e. The summed E-state index contributed by atoms with van der Waals surface area (Å²) in [6.45, 7) is 6.87. The average Bonchev–Trinajstić information content (AvgIpc) is 2.92. The van der Waals surface area contributed by atoms with Crippen LogP contribution in [-0.4, -0.2) is 52.2 Å². The number of hydrogen-bond donors (Lipinski definition) is 0. The van der Waals surface area contributed by atoms with Gasteiger partial charge in [0, 0.05) is 19.6 Å². The summed E-state index contributed by atoms with van der Waals surface area (Å²) in [6, 6.07) is 3.60. The van der Waals surface area contributed by atoms with Gasteiger partial charge in [-0.05, 0) is 38.4 Å². The zero-order valence-electron chi connectivity index (χ0n) is 15.2. The molecule has 2 aromatic rings. The predicted octanol–water partition coefficient (Wildman–Crippen LogP) is 4.34. The van der Waals surface area contributed by atoms with Gasteiger partial charge in [0.25, 0.3) is 0 Å². The van der Waals surface area contributed by atoms with E-state index >= 15 is 0 Å². The van der Waals surface area contributed by atoms with Crippen molar-refractivity contribution in [2.45, 2.75) is 38.8 Å². The van der Waals surface area contributed by atoms with Crippen LogP contribution in [0.25, 0.3) is 10.2 Å².